The van der Waals surface area contributed by atoms with Crippen molar-refractivity contribution in [2.24, 2.45) is 0 Å². The van der Waals surface area contributed by atoms with Crippen LogP contribution in [0.25, 0.3) is 0 Å². The Morgan fingerprint density at radius 2 is 2.00 bits per heavy atom. The molecule has 0 aliphatic heterocycles. The molecule has 0 aromatic heterocycles. The molecule has 0 spiro atoms. The van der Waals surface area contributed by atoms with Crippen molar-refractivity contribution in [2.45, 2.75) is 25.5 Å². The summed E-state index contributed by atoms with van der Waals surface area (Å²) in [5, 5.41) is 2.83. The molecule has 4 nitrogen and oxygen atoms in total. The van der Waals surface area contributed by atoms with Gasteiger partial charge >= 0.3 is 6.16 Å². The molecule has 0 heterocycles. The fraction of sp³-hybridized carbons (Fsp3) is 0.857. The Kier molecular flexibility index (Phi) is 7.31. The van der Waals surface area contributed by atoms with E-state index in [1.807, 2.05) is 6.26 Å². The molecule has 0 rings (SSSR count). The molecular weight excluding hydrogens is 210 g/mol. The van der Waals surface area contributed by atoms with Gasteiger partial charge in [-0.1, -0.05) is 10.8 Å². The molecule has 0 amide bonds. The number of ether oxygens (including phenoxy) is 2. The predicted molar refractivity (Wildman–Crippen MR) is 56.7 cm³/mol. The fourth-order valence-corrected chi connectivity index (χ4v) is 1.84. The van der Waals surface area contributed by atoms with Crippen LogP contribution in [-0.2, 0) is 9.47 Å². The van der Waals surface area contributed by atoms with Gasteiger partial charge in [0.25, 0.3) is 0 Å². The molecule has 78 valence electrons. The molecule has 0 saturated carbocycles. The van der Waals surface area contributed by atoms with E-state index < -0.39 is 6.16 Å². The highest BCUT2D eigenvalue weighted by Crippen LogP contribution is 2.22. The molecule has 0 aliphatic carbocycles. The lowest BCUT2D eigenvalue weighted by molar-refractivity contribution is 0.0234. The number of carbonyl (C=O) groups is 1. The van der Waals surface area contributed by atoms with Crippen LogP contribution < -0.4 is 5.32 Å². The summed E-state index contributed by atoms with van der Waals surface area (Å²) in [7, 11) is 4.65. The van der Waals surface area contributed by atoms with Crippen LogP contribution in [0.1, 0.15) is 13.8 Å². The van der Waals surface area contributed by atoms with Gasteiger partial charge in [-0.15, -0.1) is 0 Å². The Balaban J connectivity index is 3.73. The number of hydrogen-bond donors (Lipinski definition) is 1. The van der Waals surface area contributed by atoms with Gasteiger partial charge in [-0.3, -0.25) is 5.32 Å². The number of hydrogen-bond acceptors (Lipinski definition) is 6. The normalized spacial score (nSPS) is 12.7. The summed E-state index contributed by atoms with van der Waals surface area (Å²) >= 11 is 0. The van der Waals surface area contributed by atoms with Gasteiger partial charge < -0.3 is 9.47 Å². The van der Waals surface area contributed by atoms with Crippen LogP contribution in [-0.4, -0.2) is 31.1 Å². The Bertz CT molecular complexity index is 155. The van der Waals surface area contributed by atoms with E-state index in [1.54, 1.807) is 20.9 Å². The molecule has 0 aromatic rings. The zero-order chi connectivity index (χ0) is 10.3. The first kappa shape index (κ1) is 12.9. The van der Waals surface area contributed by atoms with Crippen LogP contribution in [0.2, 0.25) is 0 Å². The molecule has 13 heavy (non-hydrogen) atoms. The summed E-state index contributed by atoms with van der Waals surface area (Å²) in [5.41, 5.74) is -0.360. The first-order valence-electron chi connectivity index (χ1n) is 3.84. The van der Waals surface area contributed by atoms with Gasteiger partial charge in [0, 0.05) is 0 Å². The van der Waals surface area contributed by atoms with E-state index in [2.05, 4.69) is 5.32 Å². The van der Waals surface area contributed by atoms with E-state index in [1.165, 1.54) is 21.6 Å². The second kappa shape index (κ2) is 7.34. The van der Waals surface area contributed by atoms with Gasteiger partial charge in [0.05, 0.1) is 6.10 Å². The van der Waals surface area contributed by atoms with E-state index in [4.69, 9.17) is 9.47 Å². The van der Waals surface area contributed by atoms with Crippen LogP contribution in [0.5, 0.6) is 0 Å². The maximum absolute atomic E-state index is 11.0. The van der Waals surface area contributed by atoms with Crippen molar-refractivity contribution in [3.8, 4) is 0 Å². The molecule has 1 N–H and O–H groups in total. The van der Waals surface area contributed by atoms with Crippen molar-refractivity contribution >= 4 is 27.7 Å². The van der Waals surface area contributed by atoms with Gasteiger partial charge in [0.15, 0.2) is 0 Å². The lowest BCUT2D eigenvalue weighted by Gasteiger charge is -2.15. The largest absolute Gasteiger partial charge is 0.510 e. The van der Waals surface area contributed by atoms with Gasteiger partial charge in [-0.2, -0.15) is 0 Å². The molecule has 6 heteroatoms. The summed E-state index contributed by atoms with van der Waals surface area (Å²) in [4.78, 5) is 11.0. The zero-order valence-corrected chi connectivity index (χ0v) is 9.83. The Morgan fingerprint density at radius 1 is 1.38 bits per heavy atom. The average Bonchev–Trinajstić information content (AvgIpc) is 2.02. The standard InChI is InChI=1S/C7H15NO3S2/c1-5(2)10-7(9)11-6(8-3)13-12-4/h5-6,8H,1-4H3. The van der Waals surface area contributed by atoms with Gasteiger partial charge in [-0.25, -0.2) is 4.79 Å². The molecule has 1 atom stereocenters. The minimum Gasteiger partial charge on any atom is -0.432 e. The Morgan fingerprint density at radius 3 is 2.38 bits per heavy atom. The molecule has 0 aromatic carbocycles. The van der Waals surface area contributed by atoms with Crippen molar-refractivity contribution in [1.29, 1.82) is 0 Å². The Hall–Kier alpha value is -0.0700. The molecule has 0 fully saturated rings. The molecule has 0 radical (unpaired) electrons. The van der Waals surface area contributed by atoms with Crippen molar-refractivity contribution in [3.63, 3.8) is 0 Å². The Labute approximate surface area is 86.5 Å². The maximum Gasteiger partial charge on any atom is 0.510 e. The number of nitrogens with one attached hydrogen (secondary N) is 1. The van der Waals surface area contributed by atoms with Crippen LogP contribution >= 0.6 is 21.6 Å². The van der Waals surface area contributed by atoms with Crippen LogP contribution in [0.15, 0.2) is 0 Å². The van der Waals surface area contributed by atoms with E-state index >= 15 is 0 Å². The van der Waals surface area contributed by atoms with Crippen LogP contribution in [0.3, 0.4) is 0 Å². The molecular formula is C7H15NO3S2. The van der Waals surface area contributed by atoms with E-state index in [-0.39, 0.29) is 11.7 Å². The summed E-state index contributed by atoms with van der Waals surface area (Å²) in [6.07, 6.45) is 1.12. The van der Waals surface area contributed by atoms with E-state index in [9.17, 15) is 4.79 Å². The minimum atomic E-state index is -0.643. The van der Waals surface area contributed by atoms with E-state index in [0.717, 1.165) is 0 Å². The monoisotopic (exact) mass is 225 g/mol. The van der Waals surface area contributed by atoms with Gasteiger partial charge in [0.1, 0.15) is 0 Å². The summed E-state index contributed by atoms with van der Waals surface area (Å²) in [6.45, 7) is 3.55. The average molecular weight is 225 g/mol. The molecule has 0 aliphatic rings. The topological polar surface area (TPSA) is 47.6 Å². The summed E-state index contributed by atoms with van der Waals surface area (Å²) in [6, 6.07) is 0. The smallest absolute Gasteiger partial charge is 0.432 e. The molecule has 0 bridgehead atoms. The van der Waals surface area contributed by atoms with Crippen LogP contribution in [0.4, 0.5) is 4.79 Å². The lowest BCUT2D eigenvalue weighted by atomic mass is 10.5. The number of carbonyl (C=O) groups excluding carboxylic acids is 1. The SMILES string of the molecule is CNC(OC(=O)OC(C)C)SSC. The highest BCUT2D eigenvalue weighted by atomic mass is 33.1. The molecule has 1 unspecified atom stereocenters. The van der Waals surface area contributed by atoms with Gasteiger partial charge in [-0.05, 0) is 37.9 Å². The molecule has 0 saturated heterocycles. The van der Waals surface area contributed by atoms with Crippen molar-refractivity contribution in [2.75, 3.05) is 13.3 Å². The highest BCUT2D eigenvalue weighted by Gasteiger charge is 2.14. The third kappa shape index (κ3) is 7.04. The first-order chi connectivity index (χ1) is 6.10. The van der Waals surface area contributed by atoms with Crippen molar-refractivity contribution < 1.29 is 14.3 Å². The predicted octanol–water partition coefficient (Wildman–Crippen LogP) is 2.06. The summed E-state index contributed by atoms with van der Waals surface area (Å²) < 4.78 is 9.73. The zero-order valence-electron chi connectivity index (χ0n) is 8.20. The lowest BCUT2D eigenvalue weighted by Crippen LogP contribution is -2.28. The van der Waals surface area contributed by atoms with E-state index in [0.29, 0.717) is 0 Å². The second-order valence-corrected chi connectivity index (χ2v) is 4.95. The highest BCUT2D eigenvalue weighted by molar-refractivity contribution is 8.76. The maximum atomic E-state index is 11.0. The van der Waals surface area contributed by atoms with Crippen molar-refractivity contribution in [3.05, 3.63) is 0 Å². The third-order valence-electron chi connectivity index (χ3n) is 0.955. The van der Waals surface area contributed by atoms with Gasteiger partial charge in [0.2, 0.25) is 5.56 Å². The second-order valence-electron chi connectivity index (χ2n) is 2.42. The van der Waals surface area contributed by atoms with Crippen LogP contribution in [0, 0.1) is 0 Å². The quantitative estimate of drug-likeness (QED) is 0.439. The minimum absolute atomic E-state index is 0.149. The van der Waals surface area contributed by atoms with Crippen molar-refractivity contribution in [1.82, 2.24) is 5.32 Å². The number of rotatable bonds is 5. The fourth-order valence-electron chi connectivity index (χ4n) is 0.522. The summed E-state index contributed by atoms with van der Waals surface area (Å²) in [5.74, 6) is 0. The third-order valence-corrected chi connectivity index (χ3v) is 2.76. The first-order valence-corrected chi connectivity index (χ1v) is 6.46.